The monoisotopic (exact) mass is 409 g/mol. The second-order valence-electron chi connectivity index (χ2n) is 7.04. The van der Waals surface area contributed by atoms with Crippen molar-refractivity contribution in [3.8, 4) is 5.75 Å². The SMILES string of the molecule is C=C(CC1c2ccccc2OC(c2ccc(Cl)c(Cl)c2)N1C)c1ccccc1. The third-order valence-corrected chi connectivity index (χ3v) is 5.97. The molecule has 0 spiro atoms. The molecule has 4 heteroatoms. The molecule has 2 nitrogen and oxygen atoms in total. The highest BCUT2D eigenvalue weighted by Gasteiger charge is 2.34. The highest BCUT2D eigenvalue weighted by Crippen LogP contribution is 2.45. The molecule has 0 bridgehead atoms. The van der Waals surface area contributed by atoms with Gasteiger partial charge in [0.2, 0.25) is 0 Å². The minimum atomic E-state index is -0.252. The molecule has 3 aromatic rings. The Morgan fingerprint density at radius 1 is 0.964 bits per heavy atom. The summed E-state index contributed by atoms with van der Waals surface area (Å²) in [6, 6.07) is 24.3. The van der Waals surface area contributed by atoms with Gasteiger partial charge in [0.1, 0.15) is 5.75 Å². The summed E-state index contributed by atoms with van der Waals surface area (Å²) in [6.45, 7) is 4.34. The van der Waals surface area contributed by atoms with Crippen LogP contribution < -0.4 is 4.74 Å². The lowest BCUT2D eigenvalue weighted by atomic mass is 9.92. The van der Waals surface area contributed by atoms with Gasteiger partial charge < -0.3 is 4.74 Å². The van der Waals surface area contributed by atoms with Crippen LogP contribution >= 0.6 is 23.2 Å². The van der Waals surface area contributed by atoms with Gasteiger partial charge in [-0.05, 0) is 42.8 Å². The summed E-state index contributed by atoms with van der Waals surface area (Å²) < 4.78 is 6.34. The van der Waals surface area contributed by atoms with Crippen LogP contribution in [0.4, 0.5) is 0 Å². The number of halogens is 2. The zero-order chi connectivity index (χ0) is 19.7. The first-order chi connectivity index (χ1) is 13.5. The van der Waals surface area contributed by atoms with Crippen molar-refractivity contribution in [1.29, 1.82) is 0 Å². The zero-order valence-electron chi connectivity index (χ0n) is 15.6. The minimum absolute atomic E-state index is 0.136. The Kier molecular flexibility index (Phi) is 5.45. The van der Waals surface area contributed by atoms with Crippen LogP contribution in [-0.4, -0.2) is 11.9 Å². The lowest BCUT2D eigenvalue weighted by molar-refractivity contribution is -0.00978. The molecular weight excluding hydrogens is 389 g/mol. The normalized spacial score (nSPS) is 19.0. The number of rotatable bonds is 4. The molecule has 28 heavy (non-hydrogen) atoms. The van der Waals surface area contributed by atoms with Crippen molar-refractivity contribution in [2.75, 3.05) is 7.05 Å². The summed E-state index contributed by atoms with van der Waals surface area (Å²) in [5, 5.41) is 1.07. The van der Waals surface area contributed by atoms with E-state index < -0.39 is 0 Å². The van der Waals surface area contributed by atoms with Crippen LogP contribution in [0.2, 0.25) is 10.0 Å². The van der Waals surface area contributed by atoms with Gasteiger partial charge in [0.05, 0.1) is 10.0 Å². The van der Waals surface area contributed by atoms with Crippen LogP contribution in [0.3, 0.4) is 0 Å². The van der Waals surface area contributed by atoms with E-state index in [9.17, 15) is 0 Å². The molecule has 2 atom stereocenters. The molecule has 4 rings (SSSR count). The summed E-state index contributed by atoms with van der Waals surface area (Å²) in [5.74, 6) is 0.891. The fourth-order valence-corrected chi connectivity index (χ4v) is 4.00. The quantitative estimate of drug-likeness (QED) is 0.452. The molecule has 0 saturated carbocycles. The smallest absolute Gasteiger partial charge is 0.179 e. The van der Waals surface area contributed by atoms with Crippen molar-refractivity contribution in [2.45, 2.75) is 18.7 Å². The molecule has 0 saturated heterocycles. The summed E-state index contributed by atoms with van der Waals surface area (Å²) >= 11 is 12.4. The number of hydrogen-bond donors (Lipinski definition) is 0. The average Bonchev–Trinajstić information content (AvgIpc) is 2.72. The highest BCUT2D eigenvalue weighted by molar-refractivity contribution is 6.42. The standard InChI is InChI=1S/C24H21Cl2NO/c1-16(17-8-4-3-5-9-17)14-22-19-10-6-7-11-23(19)28-24(27(22)2)18-12-13-20(25)21(26)15-18/h3-13,15,22,24H,1,14H2,2H3. The third kappa shape index (κ3) is 3.68. The van der Waals surface area contributed by atoms with Crippen LogP contribution in [0.1, 0.15) is 35.4 Å². The van der Waals surface area contributed by atoms with Gasteiger partial charge in [-0.15, -0.1) is 0 Å². The Labute approximate surface area is 176 Å². The van der Waals surface area contributed by atoms with E-state index in [-0.39, 0.29) is 12.3 Å². The number of nitrogens with zero attached hydrogens (tertiary/aromatic N) is 1. The summed E-state index contributed by atoms with van der Waals surface area (Å²) in [4.78, 5) is 2.23. The number of hydrogen-bond acceptors (Lipinski definition) is 2. The molecule has 3 aromatic carbocycles. The first-order valence-electron chi connectivity index (χ1n) is 9.20. The van der Waals surface area contributed by atoms with Crippen molar-refractivity contribution in [1.82, 2.24) is 4.90 Å². The van der Waals surface area contributed by atoms with Crippen molar-refractivity contribution in [3.05, 3.63) is 106 Å². The minimum Gasteiger partial charge on any atom is -0.471 e. The Morgan fingerprint density at radius 3 is 2.43 bits per heavy atom. The van der Waals surface area contributed by atoms with E-state index in [0.29, 0.717) is 10.0 Å². The second-order valence-corrected chi connectivity index (χ2v) is 7.85. The molecule has 142 valence electrons. The van der Waals surface area contributed by atoms with Crippen molar-refractivity contribution < 1.29 is 4.74 Å². The Bertz CT molecular complexity index is 1000. The van der Waals surface area contributed by atoms with Crippen LogP contribution in [0.25, 0.3) is 5.57 Å². The average molecular weight is 410 g/mol. The van der Waals surface area contributed by atoms with Crippen molar-refractivity contribution in [3.63, 3.8) is 0 Å². The van der Waals surface area contributed by atoms with E-state index >= 15 is 0 Å². The van der Waals surface area contributed by atoms with Gasteiger partial charge in [-0.25, -0.2) is 0 Å². The fraction of sp³-hybridized carbons (Fsp3) is 0.167. The van der Waals surface area contributed by atoms with E-state index in [1.54, 1.807) is 0 Å². The Hall–Kier alpha value is -2.26. The van der Waals surface area contributed by atoms with Gasteiger partial charge in [0.25, 0.3) is 0 Å². The molecule has 0 aliphatic carbocycles. The predicted molar refractivity (Wildman–Crippen MR) is 117 cm³/mol. The molecule has 1 aliphatic rings. The fourth-order valence-electron chi connectivity index (χ4n) is 3.70. The molecule has 1 heterocycles. The van der Waals surface area contributed by atoms with Crippen LogP contribution in [0.5, 0.6) is 5.75 Å². The molecular formula is C24H21Cl2NO. The lowest BCUT2D eigenvalue weighted by Gasteiger charge is -2.41. The summed E-state index contributed by atoms with van der Waals surface area (Å²) in [5.41, 5.74) is 4.40. The van der Waals surface area contributed by atoms with Gasteiger partial charge in [0, 0.05) is 17.2 Å². The van der Waals surface area contributed by atoms with E-state index in [2.05, 4.69) is 36.7 Å². The summed E-state index contributed by atoms with van der Waals surface area (Å²) in [6.07, 6.45) is 0.553. The van der Waals surface area contributed by atoms with Gasteiger partial charge in [-0.1, -0.05) is 84.4 Å². The first kappa shape index (κ1) is 19.1. The van der Waals surface area contributed by atoms with Gasteiger partial charge in [0.15, 0.2) is 6.23 Å². The Morgan fingerprint density at radius 2 is 1.68 bits per heavy atom. The van der Waals surface area contributed by atoms with Crippen LogP contribution in [0, 0.1) is 0 Å². The molecule has 0 aromatic heterocycles. The Balaban J connectivity index is 1.70. The summed E-state index contributed by atoms with van der Waals surface area (Å²) in [7, 11) is 2.08. The van der Waals surface area contributed by atoms with Crippen molar-refractivity contribution >= 4 is 28.8 Å². The number of para-hydroxylation sites is 1. The van der Waals surface area contributed by atoms with E-state index in [0.717, 1.165) is 28.9 Å². The zero-order valence-corrected chi connectivity index (χ0v) is 17.1. The van der Waals surface area contributed by atoms with Gasteiger partial charge in [-0.3, -0.25) is 4.90 Å². The largest absolute Gasteiger partial charge is 0.471 e. The number of ether oxygens (including phenoxy) is 1. The first-order valence-corrected chi connectivity index (χ1v) is 9.96. The topological polar surface area (TPSA) is 12.5 Å². The highest BCUT2D eigenvalue weighted by atomic mass is 35.5. The second kappa shape index (κ2) is 8.00. The van der Waals surface area contributed by atoms with Gasteiger partial charge in [-0.2, -0.15) is 0 Å². The van der Waals surface area contributed by atoms with Crippen molar-refractivity contribution in [2.24, 2.45) is 0 Å². The maximum absolute atomic E-state index is 6.34. The van der Waals surface area contributed by atoms with E-state index in [4.69, 9.17) is 27.9 Å². The predicted octanol–water partition coefficient (Wildman–Crippen LogP) is 7.16. The lowest BCUT2D eigenvalue weighted by Crippen LogP contribution is -2.37. The maximum atomic E-state index is 6.34. The van der Waals surface area contributed by atoms with Gasteiger partial charge >= 0.3 is 0 Å². The molecule has 0 amide bonds. The van der Waals surface area contributed by atoms with Crippen LogP contribution in [-0.2, 0) is 0 Å². The van der Waals surface area contributed by atoms with E-state index in [1.165, 1.54) is 5.56 Å². The van der Waals surface area contributed by atoms with E-state index in [1.807, 2.05) is 54.6 Å². The molecule has 0 fully saturated rings. The maximum Gasteiger partial charge on any atom is 0.179 e. The molecule has 2 unspecified atom stereocenters. The third-order valence-electron chi connectivity index (χ3n) is 5.23. The number of benzene rings is 3. The van der Waals surface area contributed by atoms with Crippen LogP contribution in [0.15, 0.2) is 79.4 Å². The number of fused-ring (bicyclic) bond motifs is 1. The molecule has 1 aliphatic heterocycles. The molecule has 0 radical (unpaired) electrons. The molecule has 0 N–H and O–H groups in total.